The van der Waals surface area contributed by atoms with Crippen LogP contribution in [0.1, 0.15) is 17.0 Å². The minimum absolute atomic E-state index is 0.136. The van der Waals surface area contributed by atoms with Crippen LogP contribution in [0.15, 0.2) is 59.7 Å². The number of ether oxygens (including phenoxy) is 1. The molecule has 2 aliphatic heterocycles. The van der Waals surface area contributed by atoms with Crippen LogP contribution in [-0.2, 0) is 14.9 Å². The third kappa shape index (κ3) is 3.73. The average molecular weight is 406 g/mol. The van der Waals surface area contributed by atoms with Gasteiger partial charge in [-0.05, 0) is 23.3 Å². The predicted molar refractivity (Wildman–Crippen MR) is 105 cm³/mol. The van der Waals surface area contributed by atoms with Gasteiger partial charge in [0.05, 0.1) is 25.5 Å². The molecule has 0 aliphatic carbocycles. The number of benzene rings is 2. The van der Waals surface area contributed by atoms with Crippen molar-refractivity contribution in [3.05, 3.63) is 70.7 Å². The van der Waals surface area contributed by atoms with Crippen LogP contribution < -0.4 is 0 Å². The molecule has 0 radical (unpaired) electrons. The smallest absolute Gasteiger partial charge is 0.319 e. The van der Waals surface area contributed by atoms with E-state index in [1.807, 2.05) is 42.5 Å². The summed E-state index contributed by atoms with van der Waals surface area (Å²) in [5, 5.41) is 5.16. The van der Waals surface area contributed by atoms with E-state index < -0.39 is 10.2 Å². The first-order chi connectivity index (χ1) is 13.1. The van der Waals surface area contributed by atoms with Crippen molar-refractivity contribution in [3.8, 4) is 0 Å². The highest BCUT2D eigenvalue weighted by molar-refractivity contribution is 7.86. The fraction of sp³-hybridized carbons (Fsp3) is 0.316. The molecule has 1 atom stereocenters. The number of morpholine rings is 1. The van der Waals surface area contributed by atoms with E-state index in [9.17, 15) is 8.42 Å². The van der Waals surface area contributed by atoms with Crippen molar-refractivity contribution in [2.75, 3.05) is 32.8 Å². The minimum Gasteiger partial charge on any atom is -0.379 e. The molecule has 0 aromatic heterocycles. The molecule has 1 saturated heterocycles. The second-order valence-electron chi connectivity index (χ2n) is 6.48. The van der Waals surface area contributed by atoms with Crippen LogP contribution >= 0.6 is 11.6 Å². The lowest BCUT2D eigenvalue weighted by atomic mass is 9.91. The summed E-state index contributed by atoms with van der Waals surface area (Å²) in [5.74, 6) is -0.136. The molecular formula is C19H20ClN3O3S. The fourth-order valence-electron chi connectivity index (χ4n) is 3.36. The Balaban J connectivity index is 1.71. The SMILES string of the molecule is O=S(=O)(N1CCOCC1)N1CC(c2ccccc2)C(c2ccc(Cl)cc2)=N1. The van der Waals surface area contributed by atoms with Crippen molar-refractivity contribution >= 4 is 27.5 Å². The largest absolute Gasteiger partial charge is 0.379 e. The van der Waals surface area contributed by atoms with Crippen LogP contribution in [-0.4, -0.2) is 55.7 Å². The van der Waals surface area contributed by atoms with Crippen molar-refractivity contribution < 1.29 is 13.2 Å². The van der Waals surface area contributed by atoms with Crippen LogP contribution in [0.5, 0.6) is 0 Å². The lowest BCUT2D eigenvalue weighted by Gasteiger charge is -2.29. The summed E-state index contributed by atoms with van der Waals surface area (Å²) in [6.07, 6.45) is 0. The van der Waals surface area contributed by atoms with Gasteiger partial charge in [0.2, 0.25) is 0 Å². The summed E-state index contributed by atoms with van der Waals surface area (Å²) < 4.78 is 34.1. The lowest BCUT2D eigenvalue weighted by Crippen LogP contribution is -2.46. The van der Waals surface area contributed by atoms with Crippen LogP contribution in [0, 0.1) is 0 Å². The maximum Gasteiger partial charge on any atom is 0.319 e. The monoisotopic (exact) mass is 405 g/mol. The molecule has 4 rings (SSSR count). The summed E-state index contributed by atoms with van der Waals surface area (Å²) in [6.45, 7) is 1.79. The zero-order chi connectivity index (χ0) is 18.9. The Morgan fingerprint density at radius 1 is 1.00 bits per heavy atom. The highest BCUT2D eigenvalue weighted by atomic mass is 35.5. The summed E-state index contributed by atoms with van der Waals surface area (Å²) in [6, 6.07) is 17.2. The first-order valence-electron chi connectivity index (χ1n) is 8.80. The molecule has 1 unspecified atom stereocenters. The molecule has 0 spiro atoms. The fourth-order valence-corrected chi connectivity index (χ4v) is 4.89. The quantitative estimate of drug-likeness (QED) is 0.785. The van der Waals surface area contributed by atoms with Gasteiger partial charge < -0.3 is 4.74 Å². The lowest BCUT2D eigenvalue weighted by molar-refractivity contribution is 0.0704. The molecule has 0 bridgehead atoms. The van der Waals surface area contributed by atoms with Crippen LogP contribution in [0.25, 0.3) is 0 Å². The topological polar surface area (TPSA) is 62.2 Å². The van der Waals surface area contributed by atoms with Gasteiger partial charge in [-0.1, -0.05) is 54.1 Å². The number of halogens is 1. The summed E-state index contributed by atoms with van der Waals surface area (Å²) in [7, 11) is -3.68. The van der Waals surface area contributed by atoms with E-state index in [1.54, 1.807) is 12.1 Å². The first kappa shape index (κ1) is 18.4. The molecule has 2 aliphatic rings. The Labute approximate surface area is 164 Å². The Hall–Kier alpha value is -1.93. The van der Waals surface area contributed by atoms with Gasteiger partial charge >= 0.3 is 10.2 Å². The van der Waals surface area contributed by atoms with E-state index in [0.29, 0.717) is 31.3 Å². The number of hydrogen-bond acceptors (Lipinski definition) is 4. The first-order valence-corrected chi connectivity index (χ1v) is 10.6. The molecule has 27 heavy (non-hydrogen) atoms. The summed E-state index contributed by atoms with van der Waals surface area (Å²) in [5.41, 5.74) is 2.63. The Bertz CT molecular complexity index is 926. The molecule has 0 amide bonds. The second kappa shape index (κ2) is 7.59. The van der Waals surface area contributed by atoms with Gasteiger partial charge in [0.1, 0.15) is 0 Å². The molecule has 8 heteroatoms. The van der Waals surface area contributed by atoms with E-state index in [0.717, 1.165) is 16.8 Å². The molecular weight excluding hydrogens is 386 g/mol. The van der Waals surface area contributed by atoms with Gasteiger partial charge in [0.15, 0.2) is 0 Å². The van der Waals surface area contributed by atoms with Crippen molar-refractivity contribution in [2.24, 2.45) is 5.10 Å². The van der Waals surface area contributed by atoms with Crippen LogP contribution in [0.4, 0.5) is 0 Å². The predicted octanol–water partition coefficient (Wildman–Crippen LogP) is 2.72. The van der Waals surface area contributed by atoms with Crippen molar-refractivity contribution in [1.82, 2.24) is 8.72 Å². The Morgan fingerprint density at radius 2 is 1.67 bits per heavy atom. The molecule has 6 nitrogen and oxygen atoms in total. The summed E-state index contributed by atoms with van der Waals surface area (Å²) in [4.78, 5) is 0. The number of hydrazone groups is 1. The number of rotatable bonds is 4. The van der Waals surface area contributed by atoms with Gasteiger partial charge in [-0.3, -0.25) is 0 Å². The molecule has 2 aromatic carbocycles. The van der Waals surface area contributed by atoms with Gasteiger partial charge in [-0.15, -0.1) is 0 Å². The molecule has 2 aromatic rings. The molecule has 0 saturated carbocycles. The maximum atomic E-state index is 13.1. The van der Waals surface area contributed by atoms with Crippen molar-refractivity contribution in [2.45, 2.75) is 5.92 Å². The van der Waals surface area contributed by atoms with Gasteiger partial charge in [0.25, 0.3) is 0 Å². The molecule has 0 N–H and O–H groups in total. The van der Waals surface area contributed by atoms with Crippen molar-refractivity contribution in [1.29, 1.82) is 0 Å². The third-order valence-corrected chi connectivity index (χ3v) is 6.83. The Kier molecular flexibility index (Phi) is 5.19. The van der Waals surface area contributed by atoms with Gasteiger partial charge in [-0.2, -0.15) is 22.2 Å². The van der Waals surface area contributed by atoms with Crippen LogP contribution in [0.2, 0.25) is 5.02 Å². The molecule has 1 fully saturated rings. The zero-order valence-electron chi connectivity index (χ0n) is 14.7. The standard InChI is InChI=1S/C19H20ClN3O3S/c20-17-8-6-16(7-9-17)19-18(15-4-2-1-3-5-15)14-23(21-19)27(24,25)22-10-12-26-13-11-22/h1-9,18H,10-14H2. The average Bonchev–Trinajstić information content (AvgIpc) is 3.16. The highest BCUT2D eigenvalue weighted by Crippen LogP contribution is 2.31. The van der Waals surface area contributed by atoms with E-state index in [2.05, 4.69) is 5.10 Å². The Morgan fingerprint density at radius 3 is 2.33 bits per heavy atom. The number of nitrogens with zero attached hydrogens (tertiary/aromatic N) is 3. The van der Waals surface area contributed by atoms with Crippen LogP contribution in [0.3, 0.4) is 0 Å². The highest BCUT2D eigenvalue weighted by Gasteiger charge is 2.38. The van der Waals surface area contributed by atoms with Crippen molar-refractivity contribution in [3.63, 3.8) is 0 Å². The van der Waals surface area contributed by atoms with E-state index in [4.69, 9.17) is 16.3 Å². The third-order valence-electron chi connectivity index (χ3n) is 4.79. The maximum absolute atomic E-state index is 13.1. The second-order valence-corrected chi connectivity index (χ2v) is 8.75. The summed E-state index contributed by atoms with van der Waals surface area (Å²) >= 11 is 6.01. The normalized spacial score (nSPS) is 21.3. The van der Waals surface area contributed by atoms with E-state index in [-0.39, 0.29) is 12.5 Å². The number of hydrogen-bond donors (Lipinski definition) is 0. The molecule has 2 heterocycles. The minimum atomic E-state index is -3.68. The van der Waals surface area contributed by atoms with E-state index in [1.165, 1.54) is 8.72 Å². The van der Waals surface area contributed by atoms with E-state index >= 15 is 0 Å². The van der Waals surface area contributed by atoms with Gasteiger partial charge in [0, 0.05) is 24.0 Å². The zero-order valence-corrected chi connectivity index (χ0v) is 16.2. The molecule has 142 valence electrons. The van der Waals surface area contributed by atoms with Gasteiger partial charge in [-0.25, -0.2) is 0 Å².